The number of ether oxygens (including phenoxy) is 1. The maximum atomic E-state index is 12.0. The lowest BCUT2D eigenvalue weighted by atomic mass is 10.0. The fraction of sp³-hybridized carbons (Fsp3) is 0.562. The molecule has 4 nitrogen and oxygen atoms in total. The highest BCUT2D eigenvalue weighted by atomic mass is 16.5. The van der Waals surface area contributed by atoms with Gasteiger partial charge in [0.15, 0.2) is 0 Å². The molecule has 1 fully saturated rings. The monoisotopic (exact) mass is 277 g/mol. The van der Waals surface area contributed by atoms with Crippen LogP contribution >= 0.6 is 0 Å². The highest BCUT2D eigenvalue weighted by Crippen LogP contribution is 2.29. The van der Waals surface area contributed by atoms with Crippen LogP contribution in [0, 0.1) is 6.92 Å². The van der Waals surface area contributed by atoms with Gasteiger partial charge in [-0.3, -0.25) is 4.79 Å². The number of carbonyl (C=O) groups is 1. The average Bonchev–Trinajstić information content (AvgIpc) is 2.87. The number of amides is 1. The van der Waals surface area contributed by atoms with Crippen molar-refractivity contribution in [3.63, 3.8) is 0 Å². The number of benzene rings is 1. The molecule has 1 aliphatic carbocycles. The zero-order chi connectivity index (χ0) is 14.6. The van der Waals surface area contributed by atoms with Crippen molar-refractivity contribution in [1.29, 1.82) is 0 Å². The van der Waals surface area contributed by atoms with Crippen LogP contribution in [0.15, 0.2) is 18.2 Å². The van der Waals surface area contributed by atoms with E-state index in [1.807, 2.05) is 19.1 Å². The van der Waals surface area contributed by atoms with Crippen LogP contribution in [0.1, 0.15) is 36.8 Å². The lowest BCUT2D eigenvalue weighted by Crippen LogP contribution is -2.45. The van der Waals surface area contributed by atoms with Gasteiger partial charge in [-0.2, -0.15) is 0 Å². The molecule has 0 atom stereocenters. The number of aliphatic hydroxyl groups is 1. The van der Waals surface area contributed by atoms with Crippen molar-refractivity contribution in [3.05, 3.63) is 29.3 Å². The molecule has 1 aliphatic rings. The summed E-state index contributed by atoms with van der Waals surface area (Å²) in [4.78, 5) is 12.0. The Hall–Kier alpha value is -1.55. The van der Waals surface area contributed by atoms with E-state index in [0.717, 1.165) is 24.2 Å². The first kappa shape index (κ1) is 14.9. The molecule has 110 valence electrons. The Morgan fingerprint density at radius 2 is 2.10 bits per heavy atom. The molecule has 1 amide bonds. The second-order valence-electron chi connectivity index (χ2n) is 5.56. The van der Waals surface area contributed by atoms with E-state index in [4.69, 9.17) is 4.74 Å². The Labute approximate surface area is 120 Å². The molecule has 2 N–H and O–H groups in total. The number of nitrogens with one attached hydrogen (secondary N) is 1. The Balaban J connectivity index is 1.90. The number of aryl methyl sites for hydroxylation is 1. The van der Waals surface area contributed by atoms with Crippen molar-refractivity contribution < 1.29 is 14.6 Å². The highest BCUT2D eigenvalue weighted by molar-refractivity contribution is 5.85. The smallest absolute Gasteiger partial charge is 0.251 e. The van der Waals surface area contributed by atoms with Crippen LogP contribution < -0.4 is 10.1 Å². The molecule has 0 aromatic heterocycles. The summed E-state index contributed by atoms with van der Waals surface area (Å²) in [6, 6.07) is 6.01. The van der Waals surface area contributed by atoms with Crippen molar-refractivity contribution in [2.24, 2.45) is 0 Å². The fourth-order valence-electron chi connectivity index (χ4n) is 2.76. The van der Waals surface area contributed by atoms with E-state index < -0.39 is 5.60 Å². The number of hydrogen-bond donors (Lipinski definition) is 2. The van der Waals surface area contributed by atoms with Gasteiger partial charge in [-0.25, -0.2) is 0 Å². The normalized spacial score (nSPS) is 16.9. The fourth-order valence-corrected chi connectivity index (χ4v) is 2.76. The van der Waals surface area contributed by atoms with Gasteiger partial charge < -0.3 is 15.2 Å². The molecule has 0 saturated heterocycles. The molecule has 1 aromatic carbocycles. The summed E-state index contributed by atoms with van der Waals surface area (Å²) in [6.07, 6.45) is 3.71. The minimum Gasteiger partial charge on any atom is -0.496 e. The van der Waals surface area contributed by atoms with Gasteiger partial charge in [-0.15, -0.1) is 0 Å². The van der Waals surface area contributed by atoms with Crippen molar-refractivity contribution in [1.82, 2.24) is 5.32 Å². The van der Waals surface area contributed by atoms with Crippen LogP contribution in [0.25, 0.3) is 0 Å². The zero-order valence-corrected chi connectivity index (χ0v) is 12.2. The van der Waals surface area contributed by atoms with E-state index in [-0.39, 0.29) is 5.91 Å². The molecule has 0 spiro atoms. The summed E-state index contributed by atoms with van der Waals surface area (Å²) in [5.41, 5.74) is 1.10. The van der Waals surface area contributed by atoms with Crippen LogP contribution in [-0.4, -0.2) is 30.3 Å². The van der Waals surface area contributed by atoms with Crippen LogP contribution in [0.4, 0.5) is 0 Å². The second kappa shape index (κ2) is 6.27. The molecule has 0 aliphatic heterocycles. The molecular formula is C16H23NO3. The summed E-state index contributed by atoms with van der Waals surface area (Å²) in [5, 5.41) is 13.0. The lowest BCUT2D eigenvalue weighted by molar-refractivity contribution is -0.139. The Bertz CT molecular complexity index is 479. The minimum absolute atomic E-state index is 0.235. The number of hydrogen-bond acceptors (Lipinski definition) is 3. The lowest BCUT2D eigenvalue weighted by Gasteiger charge is -2.21. The molecule has 0 heterocycles. The maximum Gasteiger partial charge on any atom is 0.251 e. The van der Waals surface area contributed by atoms with Crippen LogP contribution in [-0.2, 0) is 11.2 Å². The van der Waals surface area contributed by atoms with E-state index in [0.29, 0.717) is 25.8 Å². The van der Waals surface area contributed by atoms with E-state index in [2.05, 4.69) is 11.4 Å². The van der Waals surface area contributed by atoms with Gasteiger partial charge in [-0.05, 0) is 50.7 Å². The molecule has 0 bridgehead atoms. The molecule has 4 heteroatoms. The van der Waals surface area contributed by atoms with Crippen molar-refractivity contribution >= 4 is 5.91 Å². The van der Waals surface area contributed by atoms with Crippen LogP contribution in [0.2, 0.25) is 0 Å². The standard InChI is InChI=1S/C16H23NO3/c1-12-5-6-14(20-2)13(11-12)7-10-17-15(18)16(19)8-3-4-9-16/h5-6,11,19H,3-4,7-10H2,1-2H3,(H,17,18). The Morgan fingerprint density at radius 1 is 1.40 bits per heavy atom. The van der Waals surface area contributed by atoms with Gasteiger partial charge >= 0.3 is 0 Å². The summed E-state index contributed by atoms with van der Waals surface area (Å²) in [5.74, 6) is 0.603. The van der Waals surface area contributed by atoms with E-state index in [1.54, 1.807) is 7.11 Å². The summed E-state index contributed by atoms with van der Waals surface area (Å²) >= 11 is 0. The third-order valence-corrected chi connectivity index (χ3v) is 3.97. The molecule has 0 unspecified atom stereocenters. The van der Waals surface area contributed by atoms with Crippen molar-refractivity contribution in [2.75, 3.05) is 13.7 Å². The van der Waals surface area contributed by atoms with Crippen molar-refractivity contribution in [3.8, 4) is 5.75 Å². The maximum absolute atomic E-state index is 12.0. The van der Waals surface area contributed by atoms with Crippen LogP contribution in [0.5, 0.6) is 5.75 Å². The second-order valence-corrected chi connectivity index (χ2v) is 5.56. The number of carbonyl (C=O) groups excluding carboxylic acids is 1. The van der Waals surface area contributed by atoms with Gasteiger partial charge in [0.25, 0.3) is 5.91 Å². The number of methoxy groups -OCH3 is 1. The van der Waals surface area contributed by atoms with E-state index in [1.165, 1.54) is 5.56 Å². The molecule has 1 saturated carbocycles. The molecular weight excluding hydrogens is 254 g/mol. The quantitative estimate of drug-likeness (QED) is 0.865. The minimum atomic E-state index is -1.14. The summed E-state index contributed by atoms with van der Waals surface area (Å²) in [6.45, 7) is 2.55. The molecule has 2 rings (SSSR count). The Morgan fingerprint density at radius 3 is 2.75 bits per heavy atom. The van der Waals surface area contributed by atoms with Crippen LogP contribution in [0.3, 0.4) is 0 Å². The predicted molar refractivity (Wildman–Crippen MR) is 77.9 cm³/mol. The molecule has 1 aromatic rings. The highest BCUT2D eigenvalue weighted by Gasteiger charge is 2.38. The summed E-state index contributed by atoms with van der Waals surface area (Å²) in [7, 11) is 1.65. The largest absolute Gasteiger partial charge is 0.496 e. The zero-order valence-electron chi connectivity index (χ0n) is 12.2. The first-order valence-electron chi connectivity index (χ1n) is 7.19. The third kappa shape index (κ3) is 3.31. The molecule has 20 heavy (non-hydrogen) atoms. The van der Waals surface area contributed by atoms with E-state index >= 15 is 0 Å². The Kier molecular flexibility index (Phi) is 4.65. The van der Waals surface area contributed by atoms with Gasteiger partial charge in [0.2, 0.25) is 0 Å². The summed E-state index contributed by atoms with van der Waals surface area (Å²) < 4.78 is 5.32. The van der Waals surface area contributed by atoms with Gasteiger partial charge in [0.05, 0.1) is 7.11 Å². The van der Waals surface area contributed by atoms with Gasteiger partial charge in [0, 0.05) is 6.54 Å². The number of rotatable bonds is 5. The SMILES string of the molecule is COc1ccc(C)cc1CCNC(=O)C1(O)CCCC1. The molecule has 0 radical (unpaired) electrons. The topological polar surface area (TPSA) is 58.6 Å². The van der Waals surface area contributed by atoms with E-state index in [9.17, 15) is 9.90 Å². The third-order valence-electron chi connectivity index (χ3n) is 3.97. The predicted octanol–water partition coefficient (Wildman–Crippen LogP) is 1.97. The van der Waals surface area contributed by atoms with Gasteiger partial charge in [-0.1, -0.05) is 17.7 Å². The average molecular weight is 277 g/mol. The first-order chi connectivity index (χ1) is 9.55. The van der Waals surface area contributed by atoms with Crippen molar-refractivity contribution in [2.45, 2.75) is 44.6 Å². The first-order valence-corrected chi connectivity index (χ1v) is 7.19. The van der Waals surface area contributed by atoms with Gasteiger partial charge in [0.1, 0.15) is 11.4 Å².